The first kappa shape index (κ1) is 25.8. The van der Waals surface area contributed by atoms with E-state index >= 15 is 0 Å². The summed E-state index contributed by atoms with van der Waals surface area (Å²) >= 11 is 0. The van der Waals surface area contributed by atoms with Crippen LogP contribution in [0.15, 0.2) is 18.2 Å². The van der Waals surface area contributed by atoms with Crippen LogP contribution in [-0.4, -0.2) is 58.6 Å². The summed E-state index contributed by atoms with van der Waals surface area (Å²) in [5, 5.41) is 42.5. The number of esters is 1. The highest BCUT2D eigenvalue weighted by molar-refractivity contribution is 5.84. The van der Waals surface area contributed by atoms with Gasteiger partial charge in [0, 0.05) is 13.5 Å². The topological polar surface area (TPSA) is 143 Å². The summed E-state index contributed by atoms with van der Waals surface area (Å²) in [5.41, 5.74) is -8.11. The zero-order valence-corrected chi connectivity index (χ0v) is 19.5. The lowest BCUT2D eigenvalue weighted by molar-refractivity contribution is -0.197. The van der Waals surface area contributed by atoms with Crippen LogP contribution < -0.4 is 0 Å². The number of alkyl halides is 3. The smallest absolute Gasteiger partial charge is 0.417 e. The molecule has 4 rings (SSSR count). The molecule has 0 spiro atoms. The second-order valence-electron chi connectivity index (χ2n) is 8.93. The summed E-state index contributed by atoms with van der Waals surface area (Å²) in [5.74, 6) is -2.49. The van der Waals surface area contributed by atoms with Crippen molar-refractivity contribution in [1.82, 2.24) is 4.57 Å². The van der Waals surface area contributed by atoms with Gasteiger partial charge in [0.25, 0.3) is 0 Å². The van der Waals surface area contributed by atoms with Gasteiger partial charge >= 0.3 is 12.1 Å². The summed E-state index contributed by atoms with van der Waals surface area (Å²) in [6, 6.07) is 4.10. The van der Waals surface area contributed by atoms with Crippen molar-refractivity contribution >= 4 is 5.97 Å². The SMILES string of the molecule is COCCOCOC(=O)[C@@]1(O)CC2(C)OC1(C)c1c2c(O)n(-c2ccc(C#N)c(C(F)(F)F)c2)c1O. The molecule has 2 aliphatic rings. The molecular formula is C23H23F3N2O8. The molecule has 2 unspecified atom stereocenters. The van der Waals surface area contributed by atoms with Gasteiger partial charge in [-0.25, -0.2) is 4.79 Å². The van der Waals surface area contributed by atoms with E-state index in [1.165, 1.54) is 27.0 Å². The number of halogens is 3. The van der Waals surface area contributed by atoms with E-state index in [0.29, 0.717) is 6.07 Å². The van der Waals surface area contributed by atoms with Crippen LogP contribution in [0.25, 0.3) is 5.69 Å². The summed E-state index contributed by atoms with van der Waals surface area (Å²) in [6.45, 7) is 2.64. The van der Waals surface area contributed by atoms with Crippen molar-refractivity contribution in [3.8, 4) is 23.5 Å². The van der Waals surface area contributed by atoms with Crippen LogP contribution in [0, 0.1) is 11.3 Å². The summed E-state index contributed by atoms with van der Waals surface area (Å²) in [6.07, 6.45) is -5.25. The molecule has 1 aromatic carbocycles. The maximum absolute atomic E-state index is 13.5. The number of aromatic hydroxyl groups is 2. The van der Waals surface area contributed by atoms with Crippen LogP contribution in [-0.2, 0) is 41.1 Å². The van der Waals surface area contributed by atoms with E-state index in [1.807, 2.05) is 0 Å². The van der Waals surface area contributed by atoms with Crippen LogP contribution in [0.2, 0.25) is 0 Å². The van der Waals surface area contributed by atoms with Crippen molar-refractivity contribution < 1.29 is 52.2 Å². The molecule has 2 aliphatic heterocycles. The fraction of sp³-hybridized carbons (Fsp3) is 0.478. The molecule has 1 aromatic heterocycles. The van der Waals surface area contributed by atoms with Gasteiger partial charge in [0.05, 0.1) is 47.2 Å². The average molecular weight is 512 g/mol. The standard InChI is InChI=1S/C23H23F3N2O8/c1-20-10-22(32,19(31)35-11-34-7-6-33-3)21(2,36-20)16-15(20)17(29)28(18(16)30)13-5-4-12(9-27)14(8-13)23(24,25)26/h4-5,8,29-30,32H,6-7,10-11H2,1-3H3/t20?,21?,22-/m0/s1. The molecule has 0 aliphatic carbocycles. The van der Waals surface area contributed by atoms with E-state index in [4.69, 9.17) is 24.2 Å². The second kappa shape index (κ2) is 8.38. The first-order valence-corrected chi connectivity index (χ1v) is 10.7. The summed E-state index contributed by atoms with van der Waals surface area (Å²) in [7, 11) is 1.46. The van der Waals surface area contributed by atoms with Crippen molar-refractivity contribution in [2.45, 2.75) is 43.2 Å². The number of ether oxygens (including phenoxy) is 4. The Kier molecular flexibility index (Phi) is 6.00. The molecule has 1 fully saturated rings. The molecule has 13 heteroatoms. The number of aromatic nitrogens is 1. The monoisotopic (exact) mass is 512 g/mol. The molecule has 2 aromatic rings. The van der Waals surface area contributed by atoms with Gasteiger partial charge in [-0.05, 0) is 32.0 Å². The number of methoxy groups -OCH3 is 1. The van der Waals surface area contributed by atoms with Crippen molar-refractivity contribution in [3.05, 3.63) is 40.5 Å². The van der Waals surface area contributed by atoms with E-state index in [9.17, 15) is 33.3 Å². The minimum absolute atomic E-state index is 0.00855. The van der Waals surface area contributed by atoms with E-state index in [-0.39, 0.29) is 36.4 Å². The van der Waals surface area contributed by atoms with Gasteiger partial charge in [-0.15, -0.1) is 0 Å². The van der Waals surface area contributed by atoms with Crippen molar-refractivity contribution in [2.24, 2.45) is 0 Å². The van der Waals surface area contributed by atoms with Crippen LogP contribution in [0.4, 0.5) is 13.2 Å². The Bertz CT molecular complexity index is 1270. The molecule has 3 N–H and O–H groups in total. The second-order valence-corrected chi connectivity index (χ2v) is 8.93. The molecule has 3 heterocycles. The summed E-state index contributed by atoms with van der Waals surface area (Å²) < 4.78 is 62.1. The minimum atomic E-state index is -4.88. The Hall–Kier alpha value is -3.31. The van der Waals surface area contributed by atoms with Gasteiger partial charge in [0.2, 0.25) is 11.8 Å². The number of aliphatic hydroxyl groups is 1. The van der Waals surface area contributed by atoms with Crippen LogP contribution in [0.1, 0.15) is 42.5 Å². The third-order valence-corrected chi connectivity index (χ3v) is 6.67. The number of hydrogen-bond acceptors (Lipinski definition) is 9. The van der Waals surface area contributed by atoms with Crippen LogP contribution in [0.3, 0.4) is 0 Å². The Labute approximate surface area is 203 Å². The predicted molar refractivity (Wildman–Crippen MR) is 113 cm³/mol. The Morgan fingerprint density at radius 1 is 1.22 bits per heavy atom. The van der Waals surface area contributed by atoms with Crippen LogP contribution in [0.5, 0.6) is 11.8 Å². The third-order valence-electron chi connectivity index (χ3n) is 6.67. The predicted octanol–water partition coefficient (Wildman–Crippen LogP) is 2.54. The Morgan fingerprint density at radius 2 is 1.89 bits per heavy atom. The zero-order valence-electron chi connectivity index (χ0n) is 19.5. The fourth-order valence-corrected chi connectivity index (χ4v) is 5.06. The molecule has 1 saturated heterocycles. The first-order chi connectivity index (χ1) is 16.7. The molecule has 0 amide bonds. The van der Waals surface area contributed by atoms with Gasteiger partial charge in [-0.1, -0.05) is 0 Å². The molecule has 2 bridgehead atoms. The lowest BCUT2D eigenvalue weighted by Crippen LogP contribution is -2.54. The molecule has 194 valence electrons. The van der Waals surface area contributed by atoms with Gasteiger partial charge in [0.15, 0.2) is 12.4 Å². The van der Waals surface area contributed by atoms with Gasteiger partial charge in [0.1, 0.15) is 11.2 Å². The lowest BCUT2D eigenvalue weighted by Gasteiger charge is -2.35. The average Bonchev–Trinajstić information content (AvgIpc) is 3.31. The number of carbonyl (C=O) groups excluding carboxylic acids is 1. The van der Waals surface area contributed by atoms with E-state index in [1.54, 1.807) is 0 Å². The Balaban J connectivity index is 1.77. The fourth-order valence-electron chi connectivity index (χ4n) is 5.06. The number of hydrogen-bond donors (Lipinski definition) is 3. The number of benzene rings is 1. The molecule has 0 radical (unpaired) electrons. The largest absolute Gasteiger partial charge is 0.494 e. The molecular weight excluding hydrogens is 489 g/mol. The van der Waals surface area contributed by atoms with Gasteiger partial charge in [-0.2, -0.15) is 18.4 Å². The van der Waals surface area contributed by atoms with E-state index in [0.717, 1.165) is 16.7 Å². The first-order valence-electron chi connectivity index (χ1n) is 10.7. The lowest BCUT2D eigenvalue weighted by atomic mass is 9.69. The molecule has 0 saturated carbocycles. The Morgan fingerprint density at radius 3 is 2.50 bits per heavy atom. The quantitative estimate of drug-likeness (QED) is 0.290. The highest BCUT2D eigenvalue weighted by atomic mass is 19.4. The van der Waals surface area contributed by atoms with E-state index in [2.05, 4.69) is 0 Å². The maximum Gasteiger partial charge on any atom is 0.417 e. The van der Waals surface area contributed by atoms with E-state index < -0.39 is 58.6 Å². The number of nitrogens with zero attached hydrogens (tertiary/aromatic N) is 2. The van der Waals surface area contributed by atoms with Gasteiger partial charge in [-0.3, -0.25) is 4.57 Å². The maximum atomic E-state index is 13.5. The van der Waals surface area contributed by atoms with Crippen molar-refractivity contribution in [3.63, 3.8) is 0 Å². The van der Waals surface area contributed by atoms with Gasteiger partial charge < -0.3 is 34.3 Å². The molecule has 3 atom stereocenters. The normalized spacial score (nSPS) is 26.6. The number of nitriles is 1. The third kappa shape index (κ3) is 3.52. The molecule has 10 nitrogen and oxygen atoms in total. The van der Waals surface area contributed by atoms with Crippen molar-refractivity contribution in [1.29, 1.82) is 5.26 Å². The summed E-state index contributed by atoms with van der Waals surface area (Å²) in [4.78, 5) is 12.9. The number of rotatable bonds is 7. The zero-order chi connectivity index (χ0) is 26.7. The number of fused-ring (bicyclic) bond motifs is 5. The molecule has 36 heavy (non-hydrogen) atoms. The van der Waals surface area contributed by atoms with Crippen molar-refractivity contribution in [2.75, 3.05) is 27.1 Å². The van der Waals surface area contributed by atoms with Crippen LogP contribution >= 0.6 is 0 Å². The number of carbonyl (C=O) groups is 1. The minimum Gasteiger partial charge on any atom is -0.494 e. The highest BCUT2D eigenvalue weighted by Crippen LogP contribution is 2.68. The highest BCUT2D eigenvalue weighted by Gasteiger charge is 2.74.